The first-order valence-electron chi connectivity index (χ1n) is 7.42. The highest BCUT2D eigenvalue weighted by Crippen LogP contribution is 2.13. The Labute approximate surface area is 130 Å². The summed E-state index contributed by atoms with van der Waals surface area (Å²) in [5.41, 5.74) is 2.13. The van der Waals surface area contributed by atoms with E-state index in [1.165, 1.54) is 5.56 Å². The lowest BCUT2D eigenvalue weighted by molar-refractivity contribution is 0.301. The van der Waals surface area contributed by atoms with Crippen LogP contribution < -0.4 is 10.1 Å². The minimum absolute atomic E-state index is 0.486. The van der Waals surface area contributed by atoms with Gasteiger partial charge in [0.05, 0.1) is 12.2 Å². The van der Waals surface area contributed by atoms with Gasteiger partial charge in [-0.05, 0) is 29.8 Å². The normalized spacial score (nSPS) is 13.9. The molecular weight excluding hydrogens is 276 g/mol. The van der Waals surface area contributed by atoms with Crippen molar-refractivity contribution in [3.05, 3.63) is 59.9 Å². The van der Waals surface area contributed by atoms with Gasteiger partial charge >= 0.3 is 0 Å². The lowest BCUT2D eigenvalue weighted by atomic mass is 10.2. The third kappa shape index (κ3) is 3.75. The Morgan fingerprint density at radius 2 is 2.05 bits per heavy atom. The maximum Gasteiger partial charge on any atom is 0.194 e. The molecule has 0 bridgehead atoms. The number of hydrogen-bond acceptors (Lipinski definition) is 5. The quantitative estimate of drug-likeness (QED) is 0.917. The first-order valence-corrected chi connectivity index (χ1v) is 7.42. The minimum atomic E-state index is 0.486. The van der Waals surface area contributed by atoms with Crippen LogP contribution in [0.15, 0.2) is 53.7 Å². The molecule has 5 nitrogen and oxygen atoms in total. The Hall–Kier alpha value is -2.56. The van der Waals surface area contributed by atoms with Gasteiger partial charge in [0.15, 0.2) is 5.96 Å². The van der Waals surface area contributed by atoms with E-state index in [0.717, 1.165) is 37.0 Å². The Morgan fingerprint density at radius 3 is 2.73 bits per heavy atom. The average molecular weight is 296 g/mol. The Bertz CT molecular complexity index is 625. The first kappa shape index (κ1) is 14.4. The Balaban J connectivity index is 1.50. The fraction of sp³-hybridized carbons (Fsp3) is 0.294. The highest BCUT2D eigenvalue weighted by Gasteiger charge is 2.11. The summed E-state index contributed by atoms with van der Waals surface area (Å²) in [5, 5.41) is 3.35. The number of benzene rings is 1. The summed E-state index contributed by atoms with van der Waals surface area (Å²) in [6.07, 6.45) is 1.77. The lowest BCUT2D eigenvalue weighted by Crippen LogP contribution is -2.35. The van der Waals surface area contributed by atoms with Gasteiger partial charge in [-0.3, -0.25) is 9.98 Å². The highest BCUT2D eigenvalue weighted by atomic mass is 16.5. The van der Waals surface area contributed by atoms with Crippen molar-refractivity contribution in [2.24, 2.45) is 4.99 Å². The number of ether oxygens (including phenoxy) is 1. The number of aliphatic imine (C=N–C) groups is 1. The summed E-state index contributed by atoms with van der Waals surface area (Å²) in [4.78, 5) is 10.8. The van der Waals surface area contributed by atoms with E-state index >= 15 is 0 Å². The van der Waals surface area contributed by atoms with E-state index in [-0.39, 0.29) is 0 Å². The molecule has 2 aromatic rings. The Kier molecular flexibility index (Phi) is 4.53. The van der Waals surface area contributed by atoms with Crippen LogP contribution in [0.2, 0.25) is 0 Å². The summed E-state index contributed by atoms with van der Waals surface area (Å²) < 4.78 is 5.73. The zero-order valence-electron chi connectivity index (χ0n) is 12.7. The molecule has 114 valence electrons. The lowest BCUT2D eigenvalue weighted by Gasteiger charge is -2.15. The van der Waals surface area contributed by atoms with Crippen LogP contribution in [-0.2, 0) is 13.2 Å². The monoisotopic (exact) mass is 296 g/mol. The molecule has 0 radical (unpaired) electrons. The molecule has 0 saturated heterocycles. The van der Waals surface area contributed by atoms with E-state index < -0.39 is 0 Å². The smallest absolute Gasteiger partial charge is 0.194 e. The van der Waals surface area contributed by atoms with Crippen molar-refractivity contribution in [2.45, 2.75) is 13.2 Å². The number of rotatable bonds is 5. The summed E-state index contributed by atoms with van der Waals surface area (Å²) in [6.45, 7) is 3.12. The molecule has 1 aliphatic heterocycles. The first-order chi connectivity index (χ1) is 10.8. The van der Waals surface area contributed by atoms with Gasteiger partial charge in [0.25, 0.3) is 0 Å². The van der Waals surface area contributed by atoms with Crippen molar-refractivity contribution in [3.8, 4) is 5.75 Å². The molecule has 1 aromatic heterocycles. The molecular formula is C17H20N4O. The SMILES string of the molecule is CN1CCN=C1NCc1ccc(OCc2ccccn2)cc1. The number of aromatic nitrogens is 1. The second-order valence-corrected chi connectivity index (χ2v) is 5.23. The molecule has 1 N–H and O–H groups in total. The molecule has 0 atom stereocenters. The van der Waals surface area contributed by atoms with Gasteiger partial charge in [0.2, 0.25) is 0 Å². The van der Waals surface area contributed by atoms with E-state index in [1.807, 2.05) is 37.4 Å². The fourth-order valence-corrected chi connectivity index (χ4v) is 2.25. The highest BCUT2D eigenvalue weighted by molar-refractivity contribution is 5.81. The largest absolute Gasteiger partial charge is 0.487 e. The van der Waals surface area contributed by atoms with Crippen molar-refractivity contribution < 1.29 is 4.74 Å². The van der Waals surface area contributed by atoms with Crippen molar-refractivity contribution in [1.29, 1.82) is 0 Å². The van der Waals surface area contributed by atoms with Gasteiger partial charge in [0.1, 0.15) is 12.4 Å². The van der Waals surface area contributed by atoms with Crippen LogP contribution in [-0.4, -0.2) is 36.0 Å². The van der Waals surface area contributed by atoms with E-state index in [1.54, 1.807) is 6.20 Å². The molecule has 3 rings (SSSR count). The number of hydrogen-bond donors (Lipinski definition) is 1. The molecule has 0 fully saturated rings. The van der Waals surface area contributed by atoms with Crippen molar-refractivity contribution in [1.82, 2.24) is 15.2 Å². The summed E-state index contributed by atoms with van der Waals surface area (Å²) in [6, 6.07) is 13.9. The van der Waals surface area contributed by atoms with E-state index in [4.69, 9.17) is 4.74 Å². The van der Waals surface area contributed by atoms with Gasteiger partial charge in [0, 0.05) is 26.3 Å². The molecule has 1 aliphatic rings. The molecule has 22 heavy (non-hydrogen) atoms. The molecule has 2 heterocycles. The summed E-state index contributed by atoms with van der Waals surface area (Å²) in [5.74, 6) is 1.82. The molecule has 0 saturated carbocycles. The minimum Gasteiger partial charge on any atom is -0.487 e. The van der Waals surface area contributed by atoms with Crippen LogP contribution in [0.4, 0.5) is 0 Å². The second-order valence-electron chi connectivity index (χ2n) is 5.23. The predicted molar refractivity (Wildman–Crippen MR) is 86.8 cm³/mol. The van der Waals surface area contributed by atoms with Crippen LogP contribution in [0, 0.1) is 0 Å². The van der Waals surface area contributed by atoms with Gasteiger partial charge < -0.3 is 15.0 Å². The van der Waals surface area contributed by atoms with Gasteiger partial charge in [-0.15, -0.1) is 0 Å². The number of nitrogens with one attached hydrogen (secondary N) is 1. The molecule has 0 spiro atoms. The number of pyridine rings is 1. The number of likely N-dealkylation sites (N-methyl/N-ethyl adjacent to an activating group) is 1. The standard InChI is InChI=1S/C17H20N4O/c1-21-11-10-19-17(21)20-12-14-5-7-16(8-6-14)22-13-15-4-2-3-9-18-15/h2-9H,10-13H2,1H3,(H,19,20). The molecule has 0 aliphatic carbocycles. The van der Waals surface area contributed by atoms with Gasteiger partial charge in [-0.1, -0.05) is 18.2 Å². The van der Waals surface area contributed by atoms with Crippen molar-refractivity contribution >= 4 is 5.96 Å². The molecule has 5 heteroatoms. The van der Waals surface area contributed by atoms with Crippen molar-refractivity contribution in [2.75, 3.05) is 20.1 Å². The van der Waals surface area contributed by atoms with E-state index in [2.05, 4.69) is 32.3 Å². The zero-order chi connectivity index (χ0) is 15.2. The van der Waals surface area contributed by atoms with Crippen LogP contribution in [0.3, 0.4) is 0 Å². The van der Waals surface area contributed by atoms with Gasteiger partial charge in [-0.2, -0.15) is 0 Å². The van der Waals surface area contributed by atoms with Crippen LogP contribution in [0.25, 0.3) is 0 Å². The van der Waals surface area contributed by atoms with Crippen molar-refractivity contribution in [3.63, 3.8) is 0 Å². The maximum atomic E-state index is 5.73. The summed E-state index contributed by atoms with van der Waals surface area (Å²) >= 11 is 0. The summed E-state index contributed by atoms with van der Waals surface area (Å²) in [7, 11) is 2.05. The average Bonchev–Trinajstić information content (AvgIpc) is 2.98. The third-order valence-corrected chi connectivity index (χ3v) is 3.55. The number of guanidine groups is 1. The topological polar surface area (TPSA) is 49.8 Å². The van der Waals surface area contributed by atoms with Crippen LogP contribution in [0.5, 0.6) is 5.75 Å². The van der Waals surface area contributed by atoms with Gasteiger partial charge in [-0.25, -0.2) is 0 Å². The second kappa shape index (κ2) is 6.93. The predicted octanol–water partition coefficient (Wildman–Crippen LogP) is 2.05. The Morgan fingerprint density at radius 1 is 1.18 bits per heavy atom. The van der Waals surface area contributed by atoms with E-state index in [9.17, 15) is 0 Å². The van der Waals surface area contributed by atoms with Crippen LogP contribution >= 0.6 is 0 Å². The zero-order valence-corrected chi connectivity index (χ0v) is 12.7. The molecule has 0 unspecified atom stereocenters. The molecule has 0 amide bonds. The third-order valence-electron chi connectivity index (χ3n) is 3.55. The molecule has 1 aromatic carbocycles. The van der Waals surface area contributed by atoms with E-state index in [0.29, 0.717) is 6.61 Å². The number of nitrogens with zero attached hydrogens (tertiary/aromatic N) is 3. The van der Waals surface area contributed by atoms with Crippen LogP contribution in [0.1, 0.15) is 11.3 Å². The fourth-order valence-electron chi connectivity index (χ4n) is 2.25. The maximum absolute atomic E-state index is 5.73.